The van der Waals surface area contributed by atoms with E-state index in [-0.39, 0.29) is 36.2 Å². The molecule has 25 heavy (non-hydrogen) atoms. The van der Waals surface area contributed by atoms with Crippen LogP contribution in [0.4, 0.5) is 0 Å². The Morgan fingerprint density at radius 3 is 2.00 bits per heavy atom. The van der Waals surface area contributed by atoms with Crippen molar-refractivity contribution >= 4 is 17.8 Å². The molecule has 0 heterocycles. The van der Waals surface area contributed by atoms with Crippen molar-refractivity contribution in [3.63, 3.8) is 0 Å². The molecule has 142 valence electrons. The standard InChI is InChI=1S/C19H32N2O4/c1-19(2,3)25-16(22)12-20-17(23)14-8-10-15(11-9-14)21-18(24)13-6-4-5-7-13/h13-15H,4-12H2,1-3H3,(H,20,23)(H,21,24). The maximum Gasteiger partial charge on any atom is 0.325 e. The molecule has 0 bridgehead atoms. The average Bonchev–Trinajstić information content (AvgIpc) is 3.06. The highest BCUT2D eigenvalue weighted by Gasteiger charge is 2.30. The number of amides is 2. The smallest absolute Gasteiger partial charge is 0.325 e. The molecule has 0 aromatic carbocycles. The van der Waals surface area contributed by atoms with Gasteiger partial charge in [-0.3, -0.25) is 14.4 Å². The Morgan fingerprint density at radius 2 is 1.44 bits per heavy atom. The summed E-state index contributed by atoms with van der Waals surface area (Å²) in [5, 5.41) is 5.83. The number of ether oxygens (including phenoxy) is 1. The third kappa shape index (κ3) is 6.67. The van der Waals surface area contributed by atoms with Crippen LogP contribution in [0.3, 0.4) is 0 Å². The van der Waals surface area contributed by atoms with Crippen LogP contribution < -0.4 is 10.6 Å². The van der Waals surface area contributed by atoms with E-state index in [4.69, 9.17) is 4.74 Å². The second-order valence-electron chi connectivity index (χ2n) is 8.34. The number of carbonyl (C=O) groups is 3. The van der Waals surface area contributed by atoms with Gasteiger partial charge in [0.25, 0.3) is 0 Å². The largest absolute Gasteiger partial charge is 0.459 e. The van der Waals surface area contributed by atoms with Crippen molar-refractivity contribution in [2.24, 2.45) is 11.8 Å². The van der Waals surface area contributed by atoms with E-state index in [1.807, 2.05) is 0 Å². The summed E-state index contributed by atoms with van der Waals surface area (Å²) < 4.78 is 5.18. The van der Waals surface area contributed by atoms with Crippen LogP contribution in [0, 0.1) is 11.8 Å². The number of nitrogens with one attached hydrogen (secondary N) is 2. The van der Waals surface area contributed by atoms with Crippen LogP contribution in [0.15, 0.2) is 0 Å². The zero-order chi connectivity index (χ0) is 18.4. The van der Waals surface area contributed by atoms with Crippen molar-refractivity contribution < 1.29 is 19.1 Å². The Kier molecular flexibility index (Phi) is 6.85. The van der Waals surface area contributed by atoms with E-state index in [9.17, 15) is 14.4 Å². The highest BCUT2D eigenvalue weighted by molar-refractivity contribution is 5.83. The quantitative estimate of drug-likeness (QED) is 0.744. The zero-order valence-electron chi connectivity index (χ0n) is 15.7. The first kappa shape index (κ1) is 19.7. The molecule has 0 aromatic rings. The van der Waals surface area contributed by atoms with Crippen molar-refractivity contribution in [2.45, 2.75) is 83.8 Å². The molecule has 6 nitrogen and oxygen atoms in total. The van der Waals surface area contributed by atoms with Gasteiger partial charge in [-0.25, -0.2) is 0 Å². The minimum absolute atomic E-state index is 0.0814. The zero-order valence-corrected chi connectivity index (χ0v) is 15.7. The van der Waals surface area contributed by atoms with Crippen LogP contribution in [0.5, 0.6) is 0 Å². The highest BCUT2D eigenvalue weighted by Crippen LogP contribution is 2.27. The molecule has 0 aromatic heterocycles. The van der Waals surface area contributed by atoms with Crippen molar-refractivity contribution in [1.82, 2.24) is 10.6 Å². The SMILES string of the molecule is CC(C)(C)OC(=O)CNC(=O)C1CCC(NC(=O)C2CCCC2)CC1. The van der Waals surface area contributed by atoms with E-state index >= 15 is 0 Å². The third-order valence-electron chi connectivity index (χ3n) is 5.00. The van der Waals surface area contributed by atoms with Gasteiger partial charge in [0.2, 0.25) is 11.8 Å². The van der Waals surface area contributed by atoms with E-state index in [0.29, 0.717) is 0 Å². The van der Waals surface area contributed by atoms with E-state index in [1.165, 1.54) is 0 Å². The van der Waals surface area contributed by atoms with Gasteiger partial charge in [0.05, 0.1) is 0 Å². The van der Waals surface area contributed by atoms with Gasteiger partial charge in [-0.05, 0) is 59.3 Å². The minimum Gasteiger partial charge on any atom is -0.459 e. The maximum absolute atomic E-state index is 12.2. The Labute approximate surface area is 150 Å². The lowest BCUT2D eigenvalue weighted by molar-refractivity contribution is -0.154. The molecule has 2 N–H and O–H groups in total. The molecule has 0 radical (unpaired) electrons. The first-order chi connectivity index (χ1) is 11.7. The number of hydrogen-bond acceptors (Lipinski definition) is 4. The van der Waals surface area contributed by atoms with Gasteiger partial charge in [-0.1, -0.05) is 12.8 Å². The van der Waals surface area contributed by atoms with Crippen molar-refractivity contribution in [2.75, 3.05) is 6.54 Å². The second kappa shape index (κ2) is 8.68. The van der Waals surface area contributed by atoms with Gasteiger partial charge < -0.3 is 15.4 Å². The normalized spacial score (nSPS) is 24.6. The van der Waals surface area contributed by atoms with Crippen molar-refractivity contribution in [1.29, 1.82) is 0 Å². The Hall–Kier alpha value is -1.59. The van der Waals surface area contributed by atoms with Crippen LogP contribution in [0.2, 0.25) is 0 Å². The fourth-order valence-corrected chi connectivity index (χ4v) is 3.69. The summed E-state index contributed by atoms with van der Waals surface area (Å²) in [6.45, 7) is 5.31. The molecule has 2 rings (SSSR count). The second-order valence-corrected chi connectivity index (χ2v) is 8.34. The Bertz CT molecular complexity index is 484. The monoisotopic (exact) mass is 352 g/mol. The number of carbonyl (C=O) groups excluding carboxylic acids is 3. The van der Waals surface area contributed by atoms with E-state index in [0.717, 1.165) is 51.4 Å². The van der Waals surface area contributed by atoms with Crippen LogP contribution >= 0.6 is 0 Å². The molecule has 2 fully saturated rings. The molecule has 2 aliphatic rings. The molecule has 2 saturated carbocycles. The first-order valence-corrected chi connectivity index (χ1v) is 9.54. The number of esters is 1. The lowest BCUT2D eigenvalue weighted by Crippen LogP contribution is -2.43. The van der Waals surface area contributed by atoms with Crippen LogP contribution in [0.1, 0.15) is 72.1 Å². The molecular weight excluding hydrogens is 320 g/mol. The number of rotatable bonds is 5. The van der Waals surface area contributed by atoms with E-state index in [2.05, 4.69) is 10.6 Å². The Morgan fingerprint density at radius 1 is 0.880 bits per heavy atom. The van der Waals surface area contributed by atoms with E-state index < -0.39 is 11.6 Å². The lowest BCUT2D eigenvalue weighted by atomic mass is 9.85. The molecule has 0 atom stereocenters. The van der Waals surface area contributed by atoms with Crippen molar-refractivity contribution in [3.8, 4) is 0 Å². The van der Waals surface area contributed by atoms with E-state index in [1.54, 1.807) is 20.8 Å². The summed E-state index contributed by atoms with van der Waals surface area (Å²) >= 11 is 0. The summed E-state index contributed by atoms with van der Waals surface area (Å²) in [5.41, 5.74) is -0.544. The lowest BCUT2D eigenvalue weighted by Gasteiger charge is -2.29. The minimum atomic E-state index is -0.544. The van der Waals surface area contributed by atoms with Gasteiger partial charge >= 0.3 is 5.97 Å². The van der Waals surface area contributed by atoms with Gasteiger partial charge in [-0.2, -0.15) is 0 Å². The third-order valence-corrected chi connectivity index (χ3v) is 5.00. The number of hydrogen-bond donors (Lipinski definition) is 2. The fraction of sp³-hybridized carbons (Fsp3) is 0.842. The van der Waals surface area contributed by atoms with Gasteiger partial charge in [0, 0.05) is 17.9 Å². The van der Waals surface area contributed by atoms with Crippen LogP contribution in [-0.4, -0.2) is 36.0 Å². The molecule has 2 aliphatic carbocycles. The highest BCUT2D eigenvalue weighted by atomic mass is 16.6. The van der Waals surface area contributed by atoms with Gasteiger partial charge in [-0.15, -0.1) is 0 Å². The molecule has 0 saturated heterocycles. The predicted molar refractivity (Wildman–Crippen MR) is 94.7 cm³/mol. The summed E-state index contributed by atoms with van der Waals surface area (Å²) in [6, 6.07) is 0.183. The first-order valence-electron chi connectivity index (χ1n) is 9.54. The summed E-state index contributed by atoms with van der Waals surface area (Å²) in [4.78, 5) is 36.0. The topological polar surface area (TPSA) is 84.5 Å². The fourth-order valence-electron chi connectivity index (χ4n) is 3.69. The molecule has 2 amide bonds. The van der Waals surface area contributed by atoms with Crippen molar-refractivity contribution in [3.05, 3.63) is 0 Å². The maximum atomic E-state index is 12.2. The molecule has 6 heteroatoms. The molecular formula is C19H32N2O4. The van der Waals surface area contributed by atoms with Crippen LogP contribution in [-0.2, 0) is 19.1 Å². The Balaban J connectivity index is 1.66. The van der Waals surface area contributed by atoms with Gasteiger partial charge in [0.1, 0.15) is 12.1 Å². The summed E-state index contributed by atoms with van der Waals surface area (Å²) in [6.07, 6.45) is 7.46. The molecule has 0 spiro atoms. The summed E-state index contributed by atoms with van der Waals surface area (Å²) in [7, 11) is 0. The average molecular weight is 352 g/mol. The van der Waals surface area contributed by atoms with Gasteiger partial charge in [0.15, 0.2) is 0 Å². The summed E-state index contributed by atoms with van der Waals surface area (Å²) in [5.74, 6) is -0.211. The van der Waals surface area contributed by atoms with Crippen LogP contribution in [0.25, 0.3) is 0 Å². The molecule has 0 unspecified atom stereocenters. The predicted octanol–water partition coefficient (Wildman–Crippen LogP) is 2.31. The molecule has 0 aliphatic heterocycles.